The van der Waals surface area contributed by atoms with E-state index in [1.807, 2.05) is 164 Å². The average molecular weight is 1820 g/mol. The molecule has 0 saturated carbocycles. The molecule has 0 bridgehead atoms. The molecule has 0 spiro atoms. The molecule has 0 fully saturated rings. The summed E-state index contributed by atoms with van der Waals surface area (Å²) in [6, 6.07) is 162. The van der Waals surface area contributed by atoms with Crippen molar-refractivity contribution in [2.45, 2.75) is 38.5 Å². The first-order chi connectivity index (χ1) is 69.9. The number of fused-ring (bicyclic) bond motifs is 18. The van der Waals surface area contributed by atoms with Gasteiger partial charge in [-0.1, -0.05) is 349 Å². The fraction of sp³-hybridized carbons (Fsp3) is 0.0465. The zero-order chi connectivity index (χ0) is 94.7. The van der Waals surface area contributed by atoms with Crippen molar-refractivity contribution in [1.82, 2.24) is 63.1 Å². The molecule has 13 nitrogen and oxygen atoms in total. The van der Waals surface area contributed by atoms with Crippen LogP contribution in [0.2, 0.25) is 0 Å². The SMILES string of the molecule is CC1(C)c2ccccc2-c2cc3c4ccccc4n(-c4ccc(-c5nc(-c6ccccc6)nc(-c6ccccc6)n5)cc4)c3cc21.CC1(C)c2ccccc2-c2cc3c4ccccc4n(-c4ccc(-c5nc(-c6ccccc6)nc(-c6ccccc6)n5)cn4)c3cc21.c1ccc(-c2cc(-c3ccccc3)nc(-c3ccc(-n4c5ccccc5c5cc(-n6c7ccccc7c7ccccc76)ccc54)cc3)n2)cc1. The minimum atomic E-state index is -0.0930. The van der Waals surface area contributed by atoms with Crippen molar-refractivity contribution in [1.29, 1.82) is 0 Å². The fourth-order valence-corrected chi connectivity index (χ4v) is 21.6. The van der Waals surface area contributed by atoms with E-state index in [9.17, 15) is 0 Å². The summed E-state index contributed by atoms with van der Waals surface area (Å²) >= 11 is 0. The van der Waals surface area contributed by atoms with Crippen LogP contribution in [0.1, 0.15) is 49.9 Å². The van der Waals surface area contributed by atoms with E-state index in [1.165, 1.54) is 115 Å². The fourth-order valence-electron chi connectivity index (χ4n) is 21.6. The van der Waals surface area contributed by atoms with Gasteiger partial charge in [0.25, 0.3) is 0 Å². The lowest BCUT2D eigenvalue weighted by Crippen LogP contribution is -2.15. The number of pyridine rings is 1. The molecule has 8 heterocycles. The number of aromatic nitrogens is 13. The minimum Gasteiger partial charge on any atom is -0.309 e. The van der Waals surface area contributed by atoms with Gasteiger partial charge in [0.2, 0.25) is 0 Å². The molecule has 670 valence electrons. The summed E-state index contributed by atoms with van der Waals surface area (Å²) in [4.78, 5) is 44.5. The molecule has 13 heteroatoms. The van der Waals surface area contributed by atoms with Crippen molar-refractivity contribution in [3.63, 3.8) is 0 Å². The van der Waals surface area contributed by atoms with E-state index in [0.29, 0.717) is 40.8 Å². The van der Waals surface area contributed by atoms with Crippen molar-refractivity contribution >= 4 is 87.2 Å². The van der Waals surface area contributed by atoms with Crippen LogP contribution < -0.4 is 0 Å². The van der Waals surface area contributed by atoms with Crippen molar-refractivity contribution < 1.29 is 0 Å². The van der Waals surface area contributed by atoms with Crippen LogP contribution in [0.3, 0.4) is 0 Å². The number of hydrogen-bond donors (Lipinski definition) is 0. The van der Waals surface area contributed by atoms with Gasteiger partial charge in [0, 0.05) is 127 Å². The molecule has 0 N–H and O–H groups in total. The van der Waals surface area contributed by atoms with E-state index in [4.69, 9.17) is 44.9 Å². The van der Waals surface area contributed by atoms with Crippen LogP contribution in [-0.4, -0.2) is 63.1 Å². The highest BCUT2D eigenvalue weighted by Gasteiger charge is 2.38. The van der Waals surface area contributed by atoms with Gasteiger partial charge in [-0.05, 0) is 184 Å². The lowest BCUT2D eigenvalue weighted by Gasteiger charge is -2.21. The molecular formula is C129H89N13. The molecule has 18 aromatic carbocycles. The van der Waals surface area contributed by atoms with Gasteiger partial charge in [-0.15, -0.1) is 0 Å². The van der Waals surface area contributed by atoms with Gasteiger partial charge >= 0.3 is 0 Å². The summed E-state index contributed by atoms with van der Waals surface area (Å²) < 4.78 is 9.43. The van der Waals surface area contributed by atoms with Crippen LogP contribution in [0.25, 0.3) is 235 Å². The summed E-state index contributed by atoms with van der Waals surface area (Å²) in [6.07, 6.45) is 1.88. The molecule has 0 radical (unpaired) electrons. The van der Waals surface area contributed by atoms with E-state index in [-0.39, 0.29) is 10.8 Å². The molecule has 0 aliphatic heterocycles. The average Bonchev–Trinajstić information content (AvgIpc) is 1.53. The smallest absolute Gasteiger partial charge is 0.165 e. The number of hydrogen-bond acceptors (Lipinski definition) is 9. The molecule has 28 rings (SSSR count). The molecule has 8 aromatic heterocycles. The lowest BCUT2D eigenvalue weighted by molar-refractivity contribution is 0.661. The first-order valence-corrected chi connectivity index (χ1v) is 48.2. The van der Waals surface area contributed by atoms with Gasteiger partial charge in [0.1, 0.15) is 5.82 Å². The maximum atomic E-state index is 5.05. The maximum Gasteiger partial charge on any atom is 0.165 e. The van der Waals surface area contributed by atoms with Crippen molar-refractivity contribution in [3.8, 4) is 147 Å². The zero-order valence-electron chi connectivity index (χ0n) is 78.3. The summed E-state index contributed by atoms with van der Waals surface area (Å²) in [5, 5.41) is 9.93. The molecule has 142 heavy (non-hydrogen) atoms. The Bertz CT molecular complexity index is 8850. The van der Waals surface area contributed by atoms with Gasteiger partial charge in [0.15, 0.2) is 40.8 Å². The number of para-hydroxylation sites is 5. The maximum absolute atomic E-state index is 5.05. The lowest BCUT2D eigenvalue weighted by atomic mass is 9.82. The Labute approximate surface area is 820 Å². The molecule has 2 aliphatic rings. The second-order valence-electron chi connectivity index (χ2n) is 37.6. The van der Waals surface area contributed by atoms with E-state index in [0.717, 1.165) is 101 Å². The van der Waals surface area contributed by atoms with Crippen molar-refractivity contribution in [2.24, 2.45) is 0 Å². The summed E-state index contributed by atoms with van der Waals surface area (Å²) in [7, 11) is 0. The van der Waals surface area contributed by atoms with Gasteiger partial charge in [0.05, 0.1) is 55.5 Å². The molecule has 2 aliphatic carbocycles. The van der Waals surface area contributed by atoms with Crippen LogP contribution in [0.15, 0.2) is 467 Å². The standard InChI is InChI=1S/C46H30N4.C42H30N4.C41H29N5/c1-3-13-31(14-4-1)40-30-41(32-15-5-2-6-16-32)48-46(47-40)33-23-25-34(26-24-33)49-44-22-12-9-19-38(44)39-29-35(27-28-45(39)49)50-42-20-10-7-17-36(42)37-18-8-11-21-43(37)50;1-42(2)35-19-11-9-17-31(35)33-25-34-32-18-10-12-20-37(32)46(38(34)26-36(33)42)30-23-21-29(22-24-30)41-44-39(27-13-5-3-6-14-27)43-40(45-41)28-15-7-4-8-16-28;1-41(2)33-19-11-9-17-29(33)31-23-32-30-18-10-12-20-35(30)46(36(32)24-34(31)41)37-22-21-28(25-42-37)40-44-38(26-13-5-3-6-14-26)43-39(45-40)27-15-7-4-8-16-27/h1-30H;3-26H,1-2H3;3-25H,1-2H3. The second-order valence-corrected chi connectivity index (χ2v) is 37.6. The van der Waals surface area contributed by atoms with Crippen LogP contribution in [0.5, 0.6) is 0 Å². The number of nitrogens with zero attached hydrogens (tertiary/aromatic N) is 13. The molecule has 0 amide bonds. The van der Waals surface area contributed by atoms with E-state index >= 15 is 0 Å². The van der Waals surface area contributed by atoms with Gasteiger partial charge in [-0.3, -0.25) is 4.57 Å². The number of rotatable bonds is 13. The predicted molar refractivity (Wildman–Crippen MR) is 581 cm³/mol. The highest BCUT2D eigenvalue weighted by molar-refractivity contribution is 6.15. The normalized spacial score (nSPS) is 12.6. The molecule has 26 aromatic rings. The van der Waals surface area contributed by atoms with Crippen LogP contribution in [0, 0.1) is 0 Å². The monoisotopic (exact) mass is 1820 g/mol. The Hall–Kier alpha value is -18.6. The topological polar surface area (TPSA) is 136 Å². The predicted octanol–water partition coefficient (Wildman–Crippen LogP) is 31.6. The minimum absolute atomic E-state index is 0.0726. The third-order valence-electron chi connectivity index (χ3n) is 28.5. The Morgan fingerprint density at radius 1 is 0.169 bits per heavy atom. The van der Waals surface area contributed by atoms with Crippen molar-refractivity contribution in [2.75, 3.05) is 0 Å². The van der Waals surface area contributed by atoms with Gasteiger partial charge < -0.3 is 13.7 Å². The largest absolute Gasteiger partial charge is 0.309 e. The van der Waals surface area contributed by atoms with E-state index in [2.05, 4.69) is 349 Å². The summed E-state index contributed by atoms with van der Waals surface area (Å²) in [5.41, 5.74) is 33.9. The van der Waals surface area contributed by atoms with Crippen LogP contribution in [0.4, 0.5) is 0 Å². The highest BCUT2D eigenvalue weighted by Crippen LogP contribution is 2.54. The Balaban J connectivity index is 0.000000109. The molecule has 0 unspecified atom stereocenters. The zero-order valence-corrected chi connectivity index (χ0v) is 78.3. The summed E-state index contributed by atoms with van der Waals surface area (Å²) in [6.45, 7) is 9.33. The summed E-state index contributed by atoms with van der Waals surface area (Å²) in [5.74, 6) is 5.38. The second kappa shape index (κ2) is 34.3. The Morgan fingerprint density at radius 3 is 0.810 bits per heavy atom. The Kier molecular flexibility index (Phi) is 20.3. The molecule has 0 atom stereocenters. The van der Waals surface area contributed by atoms with E-state index in [1.54, 1.807) is 0 Å². The molecule has 0 saturated heterocycles. The van der Waals surface area contributed by atoms with Crippen LogP contribution >= 0.6 is 0 Å². The van der Waals surface area contributed by atoms with Gasteiger partial charge in [-0.2, -0.15) is 0 Å². The third kappa shape index (κ3) is 14.4. The molecular weight excluding hydrogens is 1730 g/mol. The number of benzene rings is 18. The van der Waals surface area contributed by atoms with E-state index < -0.39 is 0 Å². The first-order valence-electron chi connectivity index (χ1n) is 48.2. The Morgan fingerprint density at radius 2 is 0.437 bits per heavy atom. The quantitative estimate of drug-likeness (QED) is 0.111. The van der Waals surface area contributed by atoms with Gasteiger partial charge in [-0.25, -0.2) is 44.9 Å². The van der Waals surface area contributed by atoms with Crippen LogP contribution in [-0.2, 0) is 10.8 Å². The highest BCUT2D eigenvalue weighted by atomic mass is 15.1. The third-order valence-corrected chi connectivity index (χ3v) is 28.5. The first kappa shape index (κ1) is 84.0. The van der Waals surface area contributed by atoms with Crippen molar-refractivity contribution in [3.05, 3.63) is 489 Å².